The molecule has 0 radical (unpaired) electrons. The second kappa shape index (κ2) is 6.17. The average molecular weight is 290 g/mol. The van der Waals surface area contributed by atoms with Crippen LogP contribution in [0, 0.1) is 27.4 Å². The van der Waals surface area contributed by atoms with Crippen molar-refractivity contribution >= 4 is 17.5 Å². The van der Waals surface area contributed by atoms with Gasteiger partial charge < -0.3 is 10.4 Å². The number of rotatable bonds is 4. The minimum atomic E-state index is -0.795. The molecule has 0 aliphatic heterocycles. The summed E-state index contributed by atoms with van der Waals surface area (Å²) in [6, 6.07) is 2.95. The molecule has 21 heavy (non-hydrogen) atoms. The third-order valence-corrected chi connectivity index (χ3v) is 3.61. The topological polar surface area (TPSA) is 129 Å². The molecule has 1 aliphatic rings. The lowest BCUT2D eigenvalue weighted by atomic mass is 9.86. The standard InChI is InChI=1S/C13H14N4O4/c14-6-8-5-11(17(20)21)12(15-7-8)16-10-3-1-9(2-4-10)13(18)19/h5,7,9-10H,1-4H2,(H,15,16)(H,18,19). The van der Waals surface area contributed by atoms with Crippen LogP contribution in [-0.4, -0.2) is 27.0 Å². The van der Waals surface area contributed by atoms with E-state index in [-0.39, 0.29) is 29.0 Å². The van der Waals surface area contributed by atoms with E-state index in [1.165, 1.54) is 12.3 Å². The van der Waals surface area contributed by atoms with Crippen molar-refractivity contribution in [2.24, 2.45) is 5.92 Å². The van der Waals surface area contributed by atoms with Crippen LogP contribution in [0.2, 0.25) is 0 Å². The predicted octanol–water partition coefficient (Wildman–Crippen LogP) is 1.92. The summed E-state index contributed by atoms with van der Waals surface area (Å²) < 4.78 is 0. The van der Waals surface area contributed by atoms with Crippen LogP contribution in [0.25, 0.3) is 0 Å². The first-order valence-corrected chi connectivity index (χ1v) is 6.55. The molecule has 1 aromatic rings. The summed E-state index contributed by atoms with van der Waals surface area (Å²) in [5, 5.41) is 31.7. The second-order valence-electron chi connectivity index (χ2n) is 4.99. The highest BCUT2D eigenvalue weighted by Gasteiger charge is 2.27. The van der Waals surface area contributed by atoms with Crippen molar-refractivity contribution in [2.75, 3.05) is 5.32 Å². The van der Waals surface area contributed by atoms with Crippen molar-refractivity contribution in [1.82, 2.24) is 4.98 Å². The number of carboxylic acids is 1. The quantitative estimate of drug-likeness (QED) is 0.640. The average Bonchev–Trinajstić information content (AvgIpc) is 2.48. The number of aromatic nitrogens is 1. The minimum Gasteiger partial charge on any atom is -0.481 e. The maximum absolute atomic E-state index is 11.0. The number of nitriles is 1. The van der Waals surface area contributed by atoms with E-state index in [4.69, 9.17) is 10.4 Å². The van der Waals surface area contributed by atoms with Crippen LogP contribution in [0.4, 0.5) is 11.5 Å². The minimum absolute atomic E-state index is 0.0419. The van der Waals surface area contributed by atoms with Gasteiger partial charge in [0.05, 0.1) is 16.4 Å². The molecular formula is C13H14N4O4. The normalized spacial score (nSPS) is 21.3. The first-order chi connectivity index (χ1) is 10.0. The molecule has 0 saturated heterocycles. The largest absolute Gasteiger partial charge is 0.481 e. The molecular weight excluding hydrogens is 276 g/mol. The van der Waals surface area contributed by atoms with Gasteiger partial charge in [0.25, 0.3) is 0 Å². The fourth-order valence-corrected chi connectivity index (χ4v) is 2.44. The van der Waals surface area contributed by atoms with E-state index in [0.717, 1.165) is 0 Å². The van der Waals surface area contributed by atoms with Gasteiger partial charge in [-0.1, -0.05) is 0 Å². The van der Waals surface area contributed by atoms with E-state index >= 15 is 0 Å². The molecule has 1 heterocycles. The summed E-state index contributed by atoms with van der Waals surface area (Å²) in [5.74, 6) is -1.01. The molecule has 8 nitrogen and oxygen atoms in total. The van der Waals surface area contributed by atoms with Crippen molar-refractivity contribution in [2.45, 2.75) is 31.7 Å². The molecule has 1 saturated carbocycles. The Hall–Kier alpha value is -2.69. The SMILES string of the molecule is N#Cc1cnc(NC2CCC(C(=O)O)CC2)c([N+](=O)[O-])c1. The van der Waals surface area contributed by atoms with Crippen molar-refractivity contribution in [3.05, 3.63) is 27.9 Å². The Morgan fingerprint density at radius 2 is 2.14 bits per heavy atom. The molecule has 2 N–H and O–H groups in total. The summed E-state index contributed by atoms with van der Waals surface area (Å²) in [6.45, 7) is 0. The van der Waals surface area contributed by atoms with Gasteiger partial charge in [-0.2, -0.15) is 5.26 Å². The molecule has 2 rings (SSSR count). The Kier molecular flexibility index (Phi) is 4.33. The number of anilines is 1. The van der Waals surface area contributed by atoms with Gasteiger partial charge in [-0.3, -0.25) is 14.9 Å². The van der Waals surface area contributed by atoms with Gasteiger partial charge in [-0.05, 0) is 25.7 Å². The number of nitro groups is 1. The van der Waals surface area contributed by atoms with E-state index in [1.807, 2.05) is 6.07 Å². The van der Waals surface area contributed by atoms with Crippen LogP contribution >= 0.6 is 0 Å². The fraction of sp³-hybridized carbons (Fsp3) is 0.462. The lowest BCUT2D eigenvalue weighted by Gasteiger charge is -2.27. The highest BCUT2D eigenvalue weighted by molar-refractivity contribution is 5.70. The molecule has 1 aromatic heterocycles. The van der Waals surface area contributed by atoms with Gasteiger partial charge in [-0.25, -0.2) is 4.98 Å². The summed E-state index contributed by atoms with van der Waals surface area (Å²) >= 11 is 0. The summed E-state index contributed by atoms with van der Waals surface area (Å²) in [5.41, 5.74) is -0.115. The molecule has 110 valence electrons. The highest BCUT2D eigenvalue weighted by Crippen LogP contribution is 2.29. The van der Waals surface area contributed by atoms with E-state index in [9.17, 15) is 14.9 Å². The third kappa shape index (κ3) is 3.45. The number of nitrogens with one attached hydrogen (secondary N) is 1. The zero-order valence-corrected chi connectivity index (χ0v) is 11.2. The number of nitrogens with zero attached hydrogens (tertiary/aromatic N) is 3. The summed E-state index contributed by atoms with van der Waals surface area (Å²) in [6.07, 6.45) is 3.60. The lowest BCUT2D eigenvalue weighted by Crippen LogP contribution is -2.29. The molecule has 1 fully saturated rings. The zero-order valence-electron chi connectivity index (χ0n) is 11.2. The molecule has 1 aliphatic carbocycles. The highest BCUT2D eigenvalue weighted by atomic mass is 16.6. The van der Waals surface area contributed by atoms with Crippen molar-refractivity contribution in [3.63, 3.8) is 0 Å². The van der Waals surface area contributed by atoms with Crippen LogP contribution < -0.4 is 5.32 Å². The van der Waals surface area contributed by atoms with Gasteiger partial charge >= 0.3 is 11.7 Å². The molecule has 0 atom stereocenters. The van der Waals surface area contributed by atoms with Crippen molar-refractivity contribution < 1.29 is 14.8 Å². The fourth-order valence-electron chi connectivity index (χ4n) is 2.44. The Morgan fingerprint density at radius 3 is 2.67 bits per heavy atom. The van der Waals surface area contributed by atoms with Crippen LogP contribution in [-0.2, 0) is 4.79 Å². The summed E-state index contributed by atoms with van der Waals surface area (Å²) in [4.78, 5) is 25.2. The first-order valence-electron chi connectivity index (χ1n) is 6.55. The Morgan fingerprint density at radius 1 is 1.48 bits per heavy atom. The molecule has 0 aromatic carbocycles. The Bertz CT molecular complexity index is 603. The number of hydrogen-bond donors (Lipinski definition) is 2. The van der Waals surface area contributed by atoms with Gasteiger partial charge in [0.15, 0.2) is 0 Å². The molecule has 0 bridgehead atoms. The molecule has 8 heteroatoms. The Balaban J connectivity index is 2.09. The zero-order chi connectivity index (χ0) is 15.4. The lowest BCUT2D eigenvalue weighted by molar-refractivity contribution is -0.384. The van der Waals surface area contributed by atoms with Gasteiger partial charge in [-0.15, -0.1) is 0 Å². The molecule has 0 unspecified atom stereocenters. The number of carboxylic acid groups (broad SMARTS) is 1. The van der Waals surface area contributed by atoms with Crippen LogP contribution in [0.15, 0.2) is 12.3 Å². The van der Waals surface area contributed by atoms with E-state index < -0.39 is 10.9 Å². The van der Waals surface area contributed by atoms with Crippen molar-refractivity contribution in [3.8, 4) is 6.07 Å². The number of hydrogen-bond acceptors (Lipinski definition) is 6. The summed E-state index contributed by atoms with van der Waals surface area (Å²) in [7, 11) is 0. The van der Waals surface area contributed by atoms with E-state index in [1.54, 1.807) is 0 Å². The van der Waals surface area contributed by atoms with Crippen LogP contribution in [0.1, 0.15) is 31.2 Å². The smallest absolute Gasteiger partial charge is 0.312 e. The van der Waals surface area contributed by atoms with Gasteiger partial charge in [0, 0.05) is 18.3 Å². The van der Waals surface area contributed by atoms with E-state index in [2.05, 4.69) is 10.3 Å². The van der Waals surface area contributed by atoms with Crippen LogP contribution in [0.5, 0.6) is 0 Å². The van der Waals surface area contributed by atoms with E-state index in [0.29, 0.717) is 25.7 Å². The number of carbonyl (C=O) groups is 1. The van der Waals surface area contributed by atoms with Crippen LogP contribution in [0.3, 0.4) is 0 Å². The monoisotopic (exact) mass is 290 g/mol. The first kappa shape index (κ1) is 14.7. The maximum Gasteiger partial charge on any atom is 0.312 e. The second-order valence-corrected chi connectivity index (χ2v) is 4.99. The number of pyridine rings is 1. The van der Waals surface area contributed by atoms with Gasteiger partial charge in [0.1, 0.15) is 6.07 Å². The molecule has 0 amide bonds. The Labute approximate surface area is 120 Å². The van der Waals surface area contributed by atoms with Crippen molar-refractivity contribution in [1.29, 1.82) is 5.26 Å². The van der Waals surface area contributed by atoms with Gasteiger partial charge in [0.2, 0.25) is 5.82 Å². The molecule has 0 spiro atoms. The number of aliphatic carboxylic acids is 1. The third-order valence-electron chi connectivity index (χ3n) is 3.61. The maximum atomic E-state index is 11.0. The predicted molar refractivity (Wildman–Crippen MR) is 72.6 cm³/mol.